The number of carbonyl (C=O) groups is 1. The highest BCUT2D eigenvalue weighted by Gasteiger charge is 2.18. The van der Waals surface area contributed by atoms with Gasteiger partial charge in [-0.15, -0.1) is 10.2 Å². The first kappa shape index (κ1) is 18.7. The van der Waals surface area contributed by atoms with Gasteiger partial charge in [-0.25, -0.2) is 0 Å². The van der Waals surface area contributed by atoms with Gasteiger partial charge < -0.3 is 9.73 Å². The number of nitrogens with one attached hydrogen (secondary N) is 1. The predicted octanol–water partition coefficient (Wildman–Crippen LogP) is 3.74. The van der Waals surface area contributed by atoms with Gasteiger partial charge in [-0.2, -0.15) is 0 Å². The molecule has 31 heavy (non-hydrogen) atoms. The van der Waals surface area contributed by atoms with Crippen molar-refractivity contribution >= 4 is 22.5 Å². The van der Waals surface area contributed by atoms with Gasteiger partial charge in [0.25, 0.3) is 5.91 Å². The first-order valence-corrected chi connectivity index (χ1v) is 9.82. The third-order valence-electron chi connectivity index (χ3n) is 5.22. The van der Waals surface area contributed by atoms with Crippen molar-refractivity contribution in [1.82, 2.24) is 19.9 Å². The summed E-state index contributed by atoms with van der Waals surface area (Å²) < 4.78 is 7.93. The van der Waals surface area contributed by atoms with Gasteiger partial charge in [0.2, 0.25) is 0 Å². The molecular formula is C24H18N4O3. The van der Waals surface area contributed by atoms with Gasteiger partial charge in [0, 0.05) is 17.3 Å². The van der Waals surface area contributed by atoms with E-state index in [9.17, 15) is 9.59 Å². The molecule has 7 nitrogen and oxygen atoms in total. The van der Waals surface area contributed by atoms with Crippen molar-refractivity contribution in [3.05, 3.63) is 100 Å². The Balaban J connectivity index is 1.54. The quantitative estimate of drug-likeness (QED) is 0.488. The van der Waals surface area contributed by atoms with Gasteiger partial charge in [-0.3, -0.25) is 14.0 Å². The van der Waals surface area contributed by atoms with Gasteiger partial charge >= 0.3 is 0 Å². The second-order valence-corrected chi connectivity index (χ2v) is 7.16. The number of hydrogen-bond donors (Lipinski definition) is 1. The SMILES string of the molecule is Cc1c(-c2ccccc2)oc2c(C(=O)NCc3nnc4ccccn34)cccc2c1=O. The van der Waals surface area contributed by atoms with Crippen molar-refractivity contribution in [1.29, 1.82) is 0 Å². The predicted molar refractivity (Wildman–Crippen MR) is 117 cm³/mol. The molecule has 0 unspecified atom stereocenters. The summed E-state index contributed by atoms with van der Waals surface area (Å²) in [5.41, 5.74) is 2.39. The number of amides is 1. The molecule has 5 rings (SSSR count). The van der Waals surface area contributed by atoms with Crippen LogP contribution in [-0.2, 0) is 6.54 Å². The Morgan fingerprint density at radius 1 is 1.00 bits per heavy atom. The number of aromatic nitrogens is 3. The molecule has 0 atom stereocenters. The minimum absolute atomic E-state index is 0.154. The van der Waals surface area contributed by atoms with E-state index in [1.165, 1.54) is 0 Å². The van der Waals surface area contributed by atoms with Crippen LogP contribution in [-0.4, -0.2) is 20.5 Å². The molecule has 5 aromatic rings. The van der Waals surface area contributed by atoms with E-state index in [0.29, 0.717) is 33.7 Å². The first-order chi connectivity index (χ1) is 15.1. The van der Waals surface area contributed by atoms with Crippen LogP contribution in [0.2, 0.25) is 0 Å². The van der Waals surface area contributed by atoms with Crippen LogP contribution in [0.1, 0.15) is 21.7 Å². The normalized spacial score (nSPS) is 11.1. The van der Waals surface area contributed by atoms with E-state index in [2.05, 4.69) is 15.5 Å². The molecule has 3 aromatic heterocycles. The fourth-order valence-corrected chi connectivity index (χ4v) is 3.62. The molecule has 0 spiro atoms. The first-order valence-electron chi connectivity index (χ1n) is 9.82. The topological polar surface area (TPSA) is 89.5 Å². The summed E-state index contributed by atoms with van der Waals surface area (Å²) in [5, 5.41) is 11.4. The summed E-state index contributed by atoms with van der Waals surface area (Å²) in [5.74, 6) is 0.706. The molecule has 0 radical (unpaired) electrons. The molecule has 1 N–H and O–H groups in total. The van der Waals surface area contributed by atoms with Crippen LogP contribution in [0, 0.1) is 6.92 Å². The molecule has 0 bridgehead atoms. The molecule has 0 fully saturated rings. The lowest BCUT2D eigenvalue weighted by Crippen LogP contribution is -2.24. The third-order valence-corrected chi connectivity index (χ3v) is 5.22. The second-order valence-electron chi connectivity index (χ2n) is 7.16. The molecule has 0 aliphatic heterocycles. The summed E-state index contributed by atoms with van der Waals surface area (Å²) in [6.07, 6.45) is 1.84. The van der Waals surface area contributed by atoms with Gasteiger partial charge in [-0.1, -0.05) is 42.5 Å². The van der Waals surface area contributed by atoms with E-state index < -0.39 is 0 Å². The Bertz CT molecular complexity index is 1490. The zero-order chi connectivity index (χ0) is 21.4. The number of nitrogens with zero attached hydrogens (tertiary/aromatic N) is 3. The van der Waals surface area contributed by atoms with Crippen molar-refractivity contribution in [2.45, 2.75) is 13.5 Å². The second kappa shape index (κ2) is 7.53. The van der Waals surface area contributed by atoms with Crippen molar-refractivity contribution in [3.63, 3.8) is 0 Å². The van der Waals surface area contributed by atoms with E-state index in [4.69, 9.17) is 4.42 Å². The number of pyridine rings is 1. The number of fused-ring (bicyclic) bond motifs is 2. The van der Waals surface area contributed by atoms with E-state index >= 15 is 0 Å². The molecule has 0 saturated carbocycles. The highest BCUT2D eigenvalue weighted by atomic mass is 16.3. The number of hydrogen-bond acceptors (Lipinski definition) is 5. The maximum absolute atomic E-state index is 13.0. The Morgan fingerprint density at radius 3 is 2.65 bits per heavy atom. The summed E-state index contributed by atoms with van der Waals surface area (Å²) in [4.78, 5) is 26.0. The lowest BCUT2D eigenvalue weighted by Gasteiger charge is -2.10. The Kier molecular flexibility index (Phi) is 4.55. The van der Waals surface area contributed by atoms with Crippen molar-refractivity contribution in [2.24, 2.45) is 0 Å². The number of para-hydroxylation sites is 1. The average molecular weight is 410 g/mol. The summed E-state index contributed by atoms with van der Waals surface area (Å²) >= 11 is 0. The monoisotopic (exact) mass is 410 g/mol. The number of carbonyl (C=O) groups excluding carboxylic acids is 1. The highest BCUT2D eigenvalue weighted by molar-refractivity contribution is 6.05. The van der Waals surface area contributed by atoms with E-state index in [1.54, 1.807) is 29.5 Å². The summed E-state index contributed by atoms with van der Waals surface area (Å²) in [7, 11) is 0. The average Bonchev–Trinajstić information content (AvgIpc) is 3.23. The summed E-state index contributed by atoms with van der Waals surface area (Å²) in [6, 6.07) is 20.0. The standard InChI is InChI=1S/C24H18N4O3/c1-15-21(29)17-10-7-11-18(23(17)31-22(15)16-8-3-2-4-9-16)24(30)25-14-20-27-26-19-12-5-6-13-28(19)20/h2-13H,14H2,1H3,(H,25,30). The Hall–Kier alpha value is -4.26. The van der Waals surface area contributed by atoms with Gasteiger partial charge in [-0.05, 0) is 31.2 Å². The zero-order valence-corrected chi connectivity index (χ0v) is 16.7. The van der Waals surface area contributed by atoms with Crippen molar-refractivity contribution < 1.29 is 9.21 Å². The van der Waals surface area contributed by atoms with E-state index in [0.717, 1.165) is 5.56 Å². The molecule has 0 aliphatic carbocycles. The molecule has 152 valence electrons. The lowest BCUT2D eigenvalue weighted by atomic mass is 10.0. The number of rotatable bonds is 4. The van der Waals surface area contributed by atoms with Crippen LogP contribution in [0.25, 0.3) is 27.9 Å². The number of benzene rings is 2. The Labute approximate surface area is 177 Å². The maximum atomic E-state index is 13.0. The minimum Gasteiger partial charge on any atom is -0.455 e. The van der Waals surface area contributed by atoms with Gasteiger partial charge in [0.15, 0.2) is 22.5 Å². The zero-order valence-electron chi connectivity index (χ0n) is 16.7. The fraction of sp³-hybridized carbons (Fsp3) is 0.0833. The molecular weight excluding hydrogens is 392 g/mol. The molecule has 3 heterocycles. The van der Waals surface area contributed by atoms with Crippen LogP contribution >= 0.6 is 0 Å². The largest absolute Gasteiger partial charge is 0.455 e. The molecule has 7 heteroatoms. The molecule has 0 aliphatic rings. The van der Waals surface area contributed by atoms with E-state index in [-0.39, 0.29) is 23.5 Å². The van der Waals surface area contributed by atoms with Gasteiger partial charge in [0.1, 0.15) is 5.76 Å². The fourth-order valence-electron chi connectivity index (χ4n) is 3.62. The minimum atomic E-state index is -0.357. The highest BCUT2D eigenvalue weighted by Crippen LogP contribution is 2.27. The Morgan fingerprint density at radius 2 is 1.81 bits per heavy atom. The third kappa shape index (κ3) is 3.26. The van der Waals surface area contributed by atoms with Crippen molar-refractivity contribution in [3.8, 4) is 11.3 Å². The van der Waals surface area contributed by atoms with Crippen LogP contribution in [0.4, 0.5) is 0 Å². The summed E-state index contributed by atoms with van der Waals surface area (Å²) in [6.45, 7) is 1.92. The van der Waals surface area contributed by atoms with Crippen LogP contribution in [0.3, 0.4) is 0 Å². The lowest BCUT2D eigenvalue weighted by molar-refractivity contribution is 0.0950. The van der Waals surface area contributed by atoms with Crippen LogP contribution < -0.4 is 10.7 Å². The van der Waals surface area contributed by atoms with Crippen LogP contribution in [0.5, 0.6) is 0 Å². The molecule has 0 saturated heterocycles. The molecule has 1 amide bonds. The molecule has 2 aromatic carbocycles. The maximum Gasteiger partial charge on any atom is 0.255 e. The van der Waals surface area contributed by atoms with Crippen molar-refractivity contribution in [2.75, 3.05) is 0 Å². The van der Waals surface area contributed by atoms with Crippen LogP contribution in [0.15, 0.2) is 82.1 Å². The van der Waals surface area contributed by atoms with E-state index in [1.807, 2.05) is 54.7 Å². The smallest absolute Gasteiger partial charge is 0.255 e. The van der Waals surface area contributed by atoms with Gasteiger partial charge in [0.05, 0.1) is 17.5 Å².